The Balaban J connectivity index is 1.91. The second-order valence-electron chi connectivity index (χ2n) is 5.17. The fourth-order valence-electron chi connectivity index (χ4n) is 2.07. The summed E-state index contributed by atoms with van der Waals surface area (Å²) in [6.07, 6.45) is 1.94. The van der Waals surface area contributed by atoms with Crippen molar-refractivity contribution in [2.45, 2.75) is 20.3 Å². The van der Waals surface area contributed by atoms with Crippen molar-refractivity contribution < 1.29 is 9.53 Å². The van der Waals surface area contributed by atoms with E-state index in [4.69, 9.17) is 4.74 Å². The first kappa shape index (κ1) is 15.8. The van der Waals surface area contributed by atoms with Crippen molar-refractivity contribution in [2.24, 2.45) is 5.10 Å². The molecule has 0 aliphatic heterocycles. The number of nitrogens with zero attached hydrogens (tertiary/aromatic N) is 1. The summed E-state index contributed by atoms with van der Waals surface area (Å²) >= 11 is 0. The number of ether oxygens (including phenoxy) is 1. The van der Waals surface area contributed by atoms with Crippen molar-refractivity contribution in [2.75, 3.05) is 7.11 Å². The normalized spacial score (nSPS) is 10.7. The number of methoxy groups -OCH3 is 1. The Hall–Kier alpha value is -2.62. The van der Waals surface area contributed by atoms with Gasteiger partial charge in [0.25, 0.3) is 0 Å². The Morgan fingerprint density at radius 1 is 1.18 bits per heavy atom. The molecular formula is C18H20N2O2. The molecule has 0 unspecified atom stereocenters. The lowest BCUT2D eigenvalue weighted by molar-refractivity contribution is -0.120. The predicted molar refractivity (Wildman–Crippen MR) is 88.4 cm³/mol. The maximum absolute atomic E-state index is 11.9. The van der Waals surface area contributed by atoms with Crippen molar-refractivity contribution in [1.29, 1.82) is 0 Å². The summed E-state index contributed by atoms with van der Waals surface area (Å²) in [4.78, 5) is 11.9. The van der Waals surface area contributed by atoms with Crippen molar-refractivity contribution >= 4 is 12.1 Å². The van der Waals surface area contributed by atoms with E-state index in [2.05, 4.69) is 10.5 Å². The summed E-state index contributed by atoms with van der Waals surface area (Å²) in [5.41, 5.74) is 6.73. The smallest absolute Gasteiger partial charge is 0.244 e. The maximum Gasteiger partial charge on any atom is 0.244 e. The first-order chi connectivity index (χ1) is 10.6. The third-order valence-electron chi connectivity index (χ3n) is 3.37. The Kier molecular flexibility index (Phi) is 5.31. The van der Waals surface area contributed by atoms with Crippen LogP contribution in [-0.4, -0.2) is 19.2 Å². The maximum atomic E-state index is 11.9. The summed E-state index contributed by atoms with van der Waals surface area (Å²) < 4.78 is 5.08. The average molecular weight is 296 g/mol. The van der Waals surface area contributed by atoms with Gasteiger partial charge in [0.1, 0.15) is 5.75 Å². The molecule has 2 rings (SSSR count). The van der Waals surface area contributed by atoms with Gasteiger partial charge in [0, 0.05) is 0 Å². The minimum absolute atomic E-state index is 0.126. The number of hydrogen-bond donors (Lipinski definition) is 1. The number of amides is 1. The molecule has 0 fully saturated rings. The van der Waals surface area contributed by atoms with Gasteiger partial charge >= 0.3 is 0 Å². The number of carbonyl (C=O) groups is 1. The fraction of sp³-hybridized carbons (Fsp3) is 0.222. The van der Waals surface area contributed by atoms with E-state index in [-0.39, 0.29) is 5.91 Å². The Morgan fingerprint density at radius 3 is 2.59 bits per heavy atom. The zero-order valence-corrected chi connectivity index (χ0v) is 13.1. The molecule has 2 aromatic carbocycles. The predicted octanol–water partition coefficient (Wildman–Crippen LogP) is 3.00. The lowest BCUT2D eigenvalue weighted by atomic mass is 10.0. The van der Waals surface area contributed by atoms with Gasteiger partial charge in [0.15, 0.2) is 0 Å². The molecule has 1 amide bonds. The first-order valence-electron chi connectivity index (χ1n) is 7.10. The number of hydrogen-bond acceptors (Lipinski definition) is 3. The topological polar surface area (TPSA) is 50.7 Å². The molecule has 0 radical (unpaired) electrons. The molecule has 2 aromatic rings. The number of nitrogens with one attached hydrogen (secondary N) is 1. The third kappa shape index (κ3) is 4.45. The molecular weight excluding hydrogens is 276 g/mol. The Morgan fingerprint density at radius 2 is 1.91 bits per heavy atom. The quantitative estimate of drug-likeness (QED) is 0.681. The van der Waals surface area contributed by atoms with Crippen molar-refractivity contribution in [3.8, 4) is 5.75 Å². The molecule has 0 spiro atoms. The Bertz CT molecular complexity index is 676. The molecule has 0 atom stereocenters. The van der Waals surface area contributed by atoms with Gasteiger partial charge < -0.3 is 4.74 Å². The average Bonchev–Trinajstić information content (AvgIpc) is 2.51. The molecule has 4 heteroatoms. The zero-order valence-electron chi connectivity index (χ0n) is 13.1. The van der Waals surface area contributed by atoms with E-state index >= 15 is 0 Å². The van der Waals surface area contributed by atoms with Gasteiger partial charge in [-0.25, -0.2) is 5.43 Å². The fourth-order valence-corrected chi connectivity index (χ4v) is 2.07. The van der Waals surface area contributed by atoms with Crippen LogP contribution in [0.5, 0.6) is 5.75 Å². The Labute approximate surface area is 130 Å². The van der Waals surface area contributed by atoms with E-state index in [9.17, 15) is 4.79 Å². The third-order valence-corrected chi connectivity index (χ3v) is 3.37. The summed E-state index contributed by atoms with van der Waals surface area (Å²) in [6.45, 7) is 4.02. The summed E-state index contributed by atoms with van der Waals surface area (Å²) in [5, 5.41) is 3.98. The highest BCUT2D eigenvalue weighted by Crippen LogP contribution is 2.11. The SMILES string of the molecule is COc1ccc(/C=N/NC(=O)Cc2cc(C)ccc2C)cc1. The summed E-state index contributed by atoms with van der Waals surface area (Å²) in [6, 6.07) is 13.5. The van der Waals surface area contributed by atoms with Gasteiger partial charge in [-0.05, 0) is 54.8 Å². The van der Waals surface area contributed by atoms with Crippen molar-refractivity contribution in [3.63, 3.8) is 0 Å². The minimum atomic E-state index is -0.126. The molecule has 0 aliphatic rings. The second-order valence-corrected chi connectivity index (χ2v) is 5.17. The van der Waals surface area contributed by atoms with E-state index in [0.717, 1.165) is 28.0 Å². The molecule has 0 aliphatic carbocycles. The van der Waals surface area contributed by atoms with Gasteiger partial charge in [0.05, 0.1) is 19.7 Å². The molecule has 0 heterocycles. The van der Waals surface area contributed by atoms with E-state index in [1.54, 1.807) is 13.3 Å². The second kappa shape index (κ2) is 7.41. The zero-order chi connectivity index (χ0) is 15.9. The molecule has 0 saturated heterocycles. The summed E-state index contributed by atoms with van der Waals surface area (Å²) in [5.74, 6) is 0.662. The lowest BCUT2D eigenvalue weighted by Crippen LogP contribution is -2.20. The minimum Gasteiger partial charge on any atom is -0.497 e. The first-order valence-corrected chi connectivity index (χ1v) is 7.10. The van der Waals surface area contributed by atoms with Crippen molar-refractivity contribution in [1.82, 2.24) is 5.43 Å². The van der Waals surface area contributed by atoms with Crippen LogP contribution in [0, 0.1) is 13.8 Å². The highest BCUT2D eigenvalue weighted by Gasteiger charge is 2.05. The van der Waals surface area contributed by atoms with Gasteiger partial charge in [-0.15, -0.1) is 0 Å². The summed E-state index contributed by atoms with van der Waals surface area (Å²) in [7, 11) is 1.62. The van der Waals surface area contributed by atoms with E-state index in [1.165, 1.54) is 0 Å². The van der Waals surface area contributed by atoms with E-state index in [1.807, 2.05) is 56.3 Å². The van der Waals surface area contributed by atoms with Gasteiger partial charge in [0.2, 0.25) is 5.91 Å². The van der Waals surface area contributed by atoms with Crippen LogP contribution in [0.4, 0.5) is 0 Å². The van der Waals surface area contributed by atoms with Gasteiger partial charge in [-0.1, -0.05) is 23.8 Å². The molecule has 114 valence electrons. The number of rotatable bonds is 5. The van der Waals surface area contributed by atoms with Crippen LogP contribution >= 0.6 is 0 Å². The van der Waals surface area contributed by atoms with Crippen LogP contribution in [0.3, 0.4) is 0 Å². The standard InChI is InChI=1S/C18H20N2O2/c1-13-4-5-14(2)16(10-13)11-18(21)20-19-12-15-6-8-17(22-3)9-7-15/h4-10,12H,11H2,1-3H3,(H,20,21)/b19-12+. The number of benzene rings is 2. The van der Waals surface area contributed by atoms with E-state index in [0.29, 0.717) is 6.42 Å². The van der Waals surface area contributed by atoms with Gasteiger partial charge in [-0.3, -0.25) is 4.79 Å². The molecule has 0 bridgehead atoms. The highest BCUT2D eigenvalue weighted by atomic mass is 16.5. The monoisotopic (exact) mass is 296 g/mol. The number of aryl methyl sites for hydroxylation is 2. The van der Waals surface area contributed by atoms with Crippen LogP contribution in [0.15, 0.2) is 47.6 Å². The van der Waals surface area contributed by atoms with Crippen molar-refractivity contribution in [3.05, 3.63) is 64.7 Å². The van der Waals surface area contributed by atoms with Crippen LogP contribution in [-0.2, 0) is 11.2 Å². The van der Waals surface area contributed by atoms with Crippen LogP contribution in [0.25, 0.3) is 0 Å². The van der Waals surface area contributed by atoms with Crippen LogP contribution < -0.4 is 10.2 Å². The number of hydrazone groups is 1. The molecule has 1 N–H and O–H groups in total. The highest BCUT2D eigenvalue weighted by molar-refractivity contribution is 5.83. The molecule has 4 nitrogen and oxygen atoms in total. The van der Waals surface area contributed by atoms with Crippen LogP contribution in [0.2, 0.25) is 0 Å². The molecule has 0 saturated carbocycles. The van der Waals surface area contributed by atoms with Crippen LogP contribution in [0.1, 0.15) is 22.3 Å². The molecule has 22 heavy (non-hydrogen) atoms. The van der Waals surface area contributed by atoms with E-state index < -0.39 is 0 Å². The van der Waals surface area contributed by atoms with Gasteiger partial charge in [-0.2, -0.15) is 5.10 Å². The molecule has 0 aromatic heterocycles. The largest absolute Gasteiger partial charge is 0.497 e. The lowest BCUT2D eigenvalue weighted by Gasteiger charge is -2.06. The number of carbonyl (C=O) groups excluding carboxylic acids is 1.